The van der Waals surface area contributed by atoms with Crippen LogP contribution in [0, 0.1) is 6.92 Å². The number of fused-ring (bicyclic) bond motifs is 1. The summed E-state index contributed by atoms with van der Waals surface area (Å²) in [5.41, 5.74) is 17.0. The minimum Gasteiger partial charge on any atom is -0.457 e. The lowest BCUT2D eigenvalue weighted by Crippen LogP contribution is -2.17. The van der Waals surface area contributed by atoms with E-state index in [2.05, 4.69) is 30.1 Å². The average Bonchev–Trinajstić information content (AvgIpc) is 3.33. The molecule has 1 aromatic carbocycles. The van der Waals surface area contributed by atoms with Crippen LogP contribution in [0.3, 0.4) is 0 Å². The van der Waals surface area contributed by atoms with Gasteiger partial charge < -0.3 is 16.2 Å². The van der Waals surface area contributed by atoms with Gasteiger partial charge in [0.25, 0.3) is 5.91 Å². The Morgan fingerprint density at radius 3 is 2.74 bits per heavy atom. The van der Waals surface area contributed by atoms with Crippen molar-refractivity contribution in [2.24, 2.45) is 5.73 Å². The minimum absolute atomic E-state index is 0.0398. The number of rotatable bonds is 6. The zero-order chi connectivity index (χ0) is 23.7. The minimum atomic E-state index is -0.738. The number of pyridine rings is 2. The molecule has 0 saturated carbocycles. The summed E-state index contributed by atoms with van der Waals surface area (Å²) in [5, 5.41) is 7.96. The lowest BCUT2D eigenvalue weighted by atomic mass is 9.94. The summed E-state index contributed by atoms with van der Waals surface area (Å²) in [7, 11) is 0. The van der Waals surface area contributed by atoms with Crippen LogP contribution in [-0.4, -0.2) is 36.0 Å². The van der Waals surface area contributed by atoms with E-state index in [0.29, 0.717) is 17.0 Å². The van der Waals surface area contributed by atoms with Crippen molar-refractivity contribution in [1.82, 2.24) is 30.1 Å². The highest BCUT2D eigenvalue weighted by atomic mass is 16.5. The molecule has 5 N–H and O–H groups in total. The van der Waals surface area contributed by atoms with Gasteiger partial charge in [-0.25, -0.2) is 9.97 Å². The third kappa shape index (κ3) is 3.88. The molecule has 0 saturated heterocycles. The Hall–Kier alpha value is -4.86. The molecule has 4 heterocycles. The normalized spacial score (nSPS) is 11.0. The Morgan fingerprint density at radius 2 is 1.94 bits per heavy atom. The number of carbonyl (C=O) groups is 1. The van der Waals surface area contributed by atoms with Gasteiger partial charge in [0, 0.05) is 23.3 Å². The zero-order valence-electron chi connectivity index (χ0n) is 18.2. The van der Waals surface area contributed by atoms with Crippen molar-refractivity contribution in [2.45, 2.75) is 13.5 Å². The fourth-order valence-corrected chi connectivity index (χ4v) is 3.74. The summed E-state index contributed by atoms with van der Waals surface area (Å²) in [4.78, 5) is 29.5. The molecule has 0 atom stereocenters. The summed E-state index contributed by atoms with van der Waals surface area (Å²) in [6, 6.07) is 13.0. The van der Waals surface area contributed by atoms with E-state index < -0.39 is 5.91 Å². The van der Waals surface area contributed by atoms with Crippen molar-refractivity contribution in [1.29, 1.82) is 0 Å². The molecule has 168 valence electrons. The number of H-pyrrole nitrogens is 1. The van der Waals surface area contributed by atoms with Crippen LogP contribution in [-0.2, 0) is 6.61 Å². The lowest BCUT2D eigenvalue weighted by Gasteiger charge is -2.15. The van der Waals surface area contributed by atoms with Crippen LogP contribution in [0.4, 0.5) is 5.69 Å². The van der Waals surface area contributed by atoms with Crippen molar-refractivity contribution in [3.05, 3.63) is 78.0 Å². The molecule has 10 heteroatoms. The van der Waals surface area contributed by atoms with E-state index in [-0.39, 0.29) is 24.0 Å². The maximum atomic E-state index is 12.2. The van der Waals surface area contributed by atoms with Crippen LogP contribution < -0.4 is 16.2 Å². The number of benzene rings is 1. The highest BCUT2D eigenvalue weighted by Crippen LogP contribution is 2.37. The number of anilines is 1. The number of primary amides is 1. The topological polar surface area (TPSA) is 159 Å². The third-order valence-corrected chi connectivity index (χ3v) is 5.37. The summed E-state index contributed by atoms with van der Waals surface area (Å²) >= 11 is 0. The number of nitrogens with one attached hydrogen (secondary N) is 1. The van der Waals surface area contributed by atoms with Crippen LogP contribution >= 0.6 is 0 Å². The van der Waals surface area contributed by atoms with E-state index in [1.54, 1.807) is 30.7 Å². The molecule has 0 fully saturated rings. The summed E-state index contributed by atoms with van der Waals surface area (Å²) in [6.07, 6.45) is 4.96. The van der Waals surface area contributed by atoms with Crippen molar-refractivity contribution in [3.63, 3.8) is 0 Å². The van der Waals surface area contributed by atoms with E-state index in [4.69, 9.17) is 16.2 Å². The van der Waals surface area contributed by atoms with Crippen LogP contribution in [0.5, 0.6) is 6.01 Å². The molecule has 4 aromatic heterocycles. The van der Waals surface area contributed by atoms with E-state index in [1.165, 1.54) is 0 Å². The van der Waals surface area contributed by atoms with E-state index in [9.17, 15) is 4.79 Å². The van der Waals surface area contributed by atoms with Gasteiger partial charge in [-0.15, -0.1) is 0 Å². The molecule has 0 aliphatic carbocycles. The second-order valence-corrected chi connectivity index (χ2v) is 7.60. The molecular formula is C24H20N8O2. The number of aromatic nitrogens is 6. The molecule has 0 aliphatic rings. The number of nitrogens with two attached hydrogens (primary N) is 2. The second kappa shape index (κ2) is 8.58. The summed E-state index contributed by atoms with van der Waals surface area (Å²) in [5.74, 6) is -0.738. The Labute approximate surface area is 194 Å². The number of nitrogens with zero attached hydrogens (tertiary/aromatic N) is 5. The van der Waals surface area contributed by atoms with Crippen LogP contribution in [0.2, 0.25) is 0 Å². The highest BCUT2D eigenvalue weighted by molar-refractivity contribution is 6.05. The molecule has 34 heavy (non-hydrogen) atoms. The van der Waals surface area contributed by atoms with Crippen molar-refractivity contribution < 1.29 is 9.53 Å². The molecule has 0 aliphatic heterocycles. The molecule has 10 nitrogen and oxygen atoms in total. The Balaban J connectivity index is 1.60. The number of aryl methyl sites for hydroxylation is 1. The van der Waals surface area contributed by atoms with Gasteiger partial charge in [-0.2, -0.15) is 10.1 Å². The molecule has 0 radical (unpaired) electrons. The first-order valence-electron chi connectivity index (χ1n) is 10.4. The predicted molar refractivity (Wildman–Crippen MR) is 127 cm³/mol. The maximum Gasteiger partial charge on any atom is 0.317 e. The number of nitrogen functional groups attached to an aromatic ring is 1. The predicted octanol–water partition coefficient (Wildman–Crippen LogP) is 3.05. The van der Waals surface area contributed by atoms with Gasteiger partial charge in [-0.3, -0.25) is 14.9 Å². The number of carbonyl (C=O) groups excluding carboxylic acids is 1. The number of amides is 1. The molecule has 0 bridgehead atoms. The van der Waals surface area contributed by atoms with Crippen LogP contribution in [0.15, 0.2) is 61.1 Å². The number of ether oxygens (including phenoxy) is 1. The number of hydrogen-bond acceptors (Lipinski definition) is 8. The van der Waals surface area contributed by atoms with Gasteiger partial charge in [0.15, 0.2) is 5.69 Å². The Kier molecular flexibility index (Phi) is 5.30. The SMILES string of the molecule is Cc1ccc2[nH]ncc2c1-c1cc(-c2ccnc(OCc3ccccn3)n2)nc(C(N)=O)c1N. The highest BCUT2D eigenvalue weighted by Gasteiger charge is 2.20. The zero-order valence-corrected chi connectivity index (χ0v) is 18.2. The molecule has 0 spiro atoms. The lowest BCUT2D eigenvalue weighted by molar-refractivity contribution is 0.0996. The number of hydrogen-bond donors (Lipinski definition) is 3. The van der Waals surface area contributed by atoms with E-state index in [0.717, 1.165) is 27.7 Å². The van der Waals surface area contributed by atoms with Gasteiger partial charge in [0.1, 0.15) is 6.61 Å². The summed E-state index contributed by atoms with van der Waals surface area (Å²) in [6.45, 7) is 2.17. The van der Waals surface area contributed by atoms with Crippen molar-refractivity contribution in [3.8, 4) is 28.5 Å². The van der Waals surface area contributed by atoms with Gasteiger partial charge in [0.05, 0.1) is 34.5 Å². The average molecular weight is 452 g/mol. The first-order chi connectivity index (χ1) is 16.5. The first-order valence-corrected chi connectivity index (χ1v) is 10.4. The van der Waals surface area contributed by atoms with Gasteiger partial charge in [-0.05, 0) is 48.4 Å². The van der Waals surface area contributed by atoms with Crippen LogP contribution in [0.1, 0.15) is 21.7 Å². The van der Waals surface area contributed by atoms with Gasteiger partial charge in [-0.1, -0.05) is 12.1 Å². The molecular weight excluding hydrogens is 432 g/mol. The third-order valence-electron chi connectivity index (χ3n) is 5.37. The Bertz CT molecular complexity index is 1510. The van der Waals surface area contributed by atoms with E-state index >= 15 is 0 Å². The van der Waals surface area contributed by atoms with Crippen LogP contribution in [0.25, 0.3) is 33.4 Å². The Morgan fingerprint density at radius 1 is 1.06 bits per heavy atom. The standard InChI is InChI=1S/C24H20N8O2/c1-13-5-6-17-16(11-29-32-17)20(13)15-10-19(30-22(21(15)25)23(26)33)18-7-9-28-24(31-18)34-12-14-4-2-3-8-27-14/h2-11H,12,25H2,1H3,(H2,26,33)(H,29,32). The van der Waals surface area contributed by atoms with Crippen molar-refractivity contribution in [2.75, 3.05) is 5.73 Å². The fraction of sp³-hybridized carbons (Fsp3) is 0.0833. The monoisotopic (exact) mass is 452 g/mol. The maximum absolute atomic E-state index is 12.2. The van der Waals surface area contributed by atoms with Crippen molar-refractivity contribution >= 4 is 22.5 Å². The number of aromatic amines is 1. The first kappa shape index (κ1) is 21.0. The largest absolute Gasteiger partial charge is 0.457 e. The molecule has 5 rings (SSSR count). The van der Waals surface area contributed by atoms with E-state index in [1.807, 2.05) is 37.3 Å². The second-order valence-electron chi connectivity index (χ2n) is 7.60. The van der Waals surface area contributed by atoms with Gasteiger partial charge in [0.2, 0.25) is 0 Å². The molecule has 0 unspecified atom stereocenters. The summed E-state index contributed by atoms with van der Waals surface area (Å²) < 4.78 is 5.70. The molecule has 5 aromatic rings. The van der Waals surface area contributed by atoms with Gasteiger partial charge >= 0.3 is 6.01 Å². The fourth-order valence-electron chi connectivity index (χ4n) is 3.74. The smallest absolute Gasteiger partial charge is 0.317 e. The quantitative estimate of drug-likeness (QED) is 0.354. The molecule has 1 amide bonds.